The Hall–Kier alpha value is -2.63. The lowest BCUT2D eigenvalue weighted by Crippen LogP contribution is -2.18. The van der Waals surface area contributed by atoms with Gasteiger partial charge in [0.05, 0.1) is 30.0 Å². The van der Waals surface area contributed by atoms with Crippen LogP contribution in [0.5, 0.6) is 0 Å². The molecule has 0 fully saturated rings. The maximum absolute atomic E-state index is 12.2. The molecule has 1 amide bonds. The van der Waals surface area contributed by atoms with Crippen LogP contribution in [0, 0.1) is 13.8 Å². The molecule has 0 spiro atoms. The van der Waals surface area contributed by atoms with Gasteiger partial charge in [-0.1, -0.05) is 12.1 Å². The molecule has 116 valence electrons. The molecule has 0 radical (unpaired) electrons. The number of nitrogens with one attached hydrogen (secondary N) is 2. The van der Waals surface area contributed by atoms with Crippen molar-refractivity contribution in [1.29, 1.82) is 0 Å². The Balaban J connectivity index is 2.14. The molecular formula is C16H19N3O3. The third kappa shape index (κ3) is 3.52. The number of aromatic amines is 1. The van der Waals surface area contributed by atoms with Crippen molar-refractivity contribution < 1.29 is 14.3 Å². The molecule has 2 N–H and O–H groups in total. The fraction of sp³-hybridized carbons (Fsp3) is 0.312. The number of esters is 1. The minimum absolute atomic E-state index is 0.200. The first kappa shape index (κ1) is 15.8. The van der Waals surface area contributed by atoms with Crippen LogP contribution in [0.2, 0.25) is 0 Å². The summed E-state index contributed by atoms with van der Waals surface area (Å²) in [6.07, 6.45) is 0.200. The number of ether oxygens (including phenoxy) is 1. The van der Waals surface area contributed by atoms with Gasteiger partial charge >= 0.3 is 5.97 Å². The summed E-state index contributed by atoms with van der Waals surface area (Å²) in [4.78, 5) is 24.1. The van der Waals surface area contributed by atoms with Crippen LogP contribution in [-0.4, -0.2) is 28.7 Å². The van der Waals surface area contributed by atoms with Crippen molar-refractivity contribution in [2.75, 3.05) is 11.9 Å². The summed E-state index contributed by atoms with van der Waals surface area (Å²) in [7, 11) is 0. The molecule has 0 aliphatic heterocycles. The van der Waals surface area contributed by atoms with E-state index in [0.717, 1.165) is 17.0 Å². The monoisotopic (exact) mass is 301 g/mol. The Morgan fingerprint density at radius 2 is 2.00 bits per heavy atom. The molecule has 0 saturated heterocycles. The Morgan fingerprint density at radius 1 is 1.27 bits per heavy atom. The SMILES string of the molecule is CCOC(=O)c1ccccc1NC(=O)Cc1c(C)n[nH]c1C. The number of para-hydroxylation sites is 1. The molecule has 0 saturated carbocycles. The van der Waals surface area contributed by atoms with Crippen LogP contribution < -0.4 is 5.32 Å². The number of amides is 1. The van der Waals surface area contributed by atoms with Crippen LogP contribution in [0.4, 0.5) is 5.69 Å². The van der Waals surface area contributed by atoms with Gasteiger partial charge in [0, 0.05) is 11.3 Å². The summed E-state index contributed by atoms with van der Waals surface area (Å²) in [6.45, 7) is 5.74. The van der Waals surface area contributed by atoms with Crippen molar-refractivity contribution >= 4 is 17.6 Å². The first-order chi connectivity index (χ1) is 10.5. The molecular weight excluding hydrogens is 282 g/mol. The van der Waals surface area contributed by atoms with Crippen LogP contribution in [0.3, 0.4) is 0 Å². The summed E-state index contributed by atoms with van der Waals surface area (Å²) >= 11 is 0. The number of anilines is 1. The Morgan fingerprint density at radius 3 is 2.64 bits per heavy atom. The number of carbonyl (C=O) groups excluding carboxylic acids is 2. The molecule has 0 unspecified atom stereocenters. The van der Waals surface area contributed by atoms with Gasteiger partial charge in [0.15, 0.2) is 0 Å². The van der Waals surface area contributed by atoms with Gasteiger partial charge in [-0.25, -0.2) is 4.79 Å². The Bertz CT molecular complexity index is 672. The predicted octanol–water partition coefficient (Wildman–Crippen LogP) is 2.38. The maximum atomic E-state index is 12.2. The minimum atomic E-state index is -0.450. The fourth-order valence-electron chi connectivity index (χ4n) is 2.17. The van der Waals surface area contributed by atoms with Crippen molar-refractivity contribution in [2.45, 2.75) is 27.2 Å². The molecule has 0 bridgehead atoms. The highest BCUT2D eigenvalue weighted by atomic mass is 16.5. The number of aryl methyl sites for hydroxylation is 2. The molecule has 6 heteroatoms. The molecule has 1 aromatic heterocycles. The van der Waals surface area contributed by atoms with E-state index >= 15 is 0 Å². The zero-order chi connectivity index (χ0) is 16.1. The number of nitrogens with zero attached hydrogens (tertiary/aromatic N) is 1. The number of hydrogen-bond donors (Lipinski definition) is 2. The minimum Gasteiger partial charge on any atom is -0.462 e. The molecule has 6 nitrogen and oxygen atoms in total. The average Bonchev–Trinajstić information content (AvgIpc) is 2.80. The zero-order valence-corrected chi connectivity index (χ0v) is 12.9. The number of carbonyl (C=O) groups is 2. The highest BCUT2D eigenvalue weighted by molar-refractivity contribution is 6.01. The number of H-pyrrole nitrogens is 1. The van der Waals surface area contributed by atoms with Crippen molar-refractivity contribution in [1.82, 2.24) is 10.2 Å². The van der Waals surface area contributed by atoms with E-state index in [2.05, 4.69) is 15.5 Å². The van der Waals surface area contributed by atoms with Gasteiger partial charge in [-0.15, -0.1) is 0 Å². The van der Waals surface area contributed by atoms with E-state index in [4.69, 9.17) is 4.74 Å². The van der Waals surface area contributed by atoms with E-state index in [0.29, 0.717) is 11.3 Å². The summed E-state index contributed by atoms with van der Waals surface area (Å²) in [5.74, 6) is -0.654. The van der Waals surface area contributed by atoms with E-state index in [-0.39, 0.29) is 18.9 Å². The summed E-state index contributed by atoms with van der Waals surface area (Å²) in [5.41, 5.74) is 3.33. The van der Waals surface area contributed by atoms with Gasteiger partial charge in [-0.05, 0) is 32.9 Å². The number of hydrogen-bond acceptors (Lipinski definition) is 4. The second-order valence-corrected chi connectivity index (χ2v) is 4.90. The largest absolute Gasteiger partial charge is 0.462 e. The van der Waals surface area contributed by atoms with Gasteiger partial charge in [-0.3, -0.25) is 9.89 Å². The lowest BCUT2D eigenvalue weighted by atomic mass is 10.1. The van der Waals surface area contributed by atoms with Gasteiger partial charge in [-0.2, -0.15) is 5.10 Å². The highest BCUT2D eigenvalue weighted by Gasteiger charge is 2.16. The lowest BCUT2D eigenvalue weighted by molar-refractivity contribution is -0.115. The molecule has 22 heavy (non-hydrogen) atoms. The van der Waals surface area contributed by atoms with E-state index in [1.54, 1.807) is 31.2 Å². The normalized spacial score (nSPS) is 10.3. The van der Waals surface area contributed by atoms with Crippen molar-refractivity contribution in [3.8, 4) is 0 Å². The van der Waals surface area contributed by atoms with E-state index in [1.165, 1.54) is 0 Å². The van der Waals surface area contributed by atoms with Crippen LogP contribution >= 0.6 is 0 Å². The van der Waals surface area contributed by atoms with Crippen LogP contribution in [0.1, 0.15) is 34.2 Å². The van der Waals surface area contributed by atoms with Gasteiger partial charge in [0.2, 0.25) is 5.91 Å². The Labute approximate surface area is 128 Å². The second kappa shape index (κ2) is 6.89. The Kier molecular flexibility index (Phi) is 4.93. The third-order valence-electron chi connectivity index (χ3n) is 3.31. The number of aromatic nitrogens is 2. The second-order valence-electron chi connectivity index (χ2n) is 4.90. The molecule has 0 aliphatic carbocycles. The summed E-state index contributed by atoms with van der Waals surface area (Å²) < 4.78 is 4.99. The molecule has 1 aromatic carbocycles. The van der Waals surface area contributed by atoms with Crippen molar-refractivity contribution in [2.24, 2.45) is 0 Å². The van der Waals surface area contributed by atoms with Crippen molar-refractivity contribution in [3.63, 3.8) is 0 Å². The third-order valence-corrected chi connectivity index (χ3v) is 3.31. The molecule has 0 atom stereocenters. The standard InChI is InChI=1S/C16H19N3O3/c1-4-22-16(21)12-7-5-6-8-14(12)17-15(20)9-13-10(2)18-19-11(13)3/h5-8H,4,9H2,1-3H3,(H,17,20)(H,18,19). The van der Waals surface area contributed by atoms with Crippen LogP contribution in [-0.2, 0) is 16.0 Å². The average molecular weight is 301 g/mol. The molecule has 1 heterocycles. The summed E-state index contributed by atoms with van der Waals surface area (Å²) in [5, 5.41) is 9.68. The smallest absolute Gasteiger partial charge is 0.340 e. The van der Waals surface area contributed by atoms with Gasteiger partial charge in [0.25, 0.3) is 0 Å². The van der Waals surface area contributed by atoms with Gasteiger partial charge < -0.3 is 10.1 Å². The number of benzene rings is 1. The number of rotatable bonds is 5. The predicted molar refractivity (Wildman–Crippen MR) is 82.8 cm³/mol. The first-order valence-corrected chi connectivity index (χ1v) is 7.09. The molecule has 0 aliphatic rings. The van der Waals surface area contributed by atoms with Gasteiger partial charge in [0.1, 0.15) is 0 Å². The lowest BCUT2D eigenvalue weighted by Gasteiger charge is -2.10. The van der Waals surface area contributed by atoms with Crippen molar-refractivity contribution in [3.05, 3.63) is 46.8 Å². The highest BCUT2D eigenvalue weighted by Crippen LogP contribution is 2.17. The van der Waals surface area contributed by atoms with Crippen LogP contribution in [0.15, 0.2) is 24.3 Å². The maximum Gasteiger partial charge on any atom is 0.340 e. The van der Waals surface area contributed by atoms with Crippen LogP contribution in [0.25, 0.3) is 0 Å². The van der Waals surface area contributed by atoms with E-state index in [9.17, 15) is 9.59 Å². The molecule has 2 aromatic rings. The quantitative estimate of drug-likeness (QED) is 0.830. The fourth-order valence-corrected chi connectivity index (χ4v) is 2.17. The zero-order valence-electron chi connectivity index (χ0n) is 12.9. The van der Waals surface area contributed by atoms with E-state index < -0.39 is 5.97 Å². The molecule has 2 rings (SSSR count). The topological polar surface area (TPSA) is 84.1 Å². The van der Waals surface area contributed by atoms with E-state index in [1.807, 2.05) is 13.8 Å². The first-order valence-electron chi connectivity index (χ1n) is 7.09. The summed E-state index contributed by atoms with van der Waals surface area (Å²) in [6, 6.07) is 6.79.